The number of pyridine rings is 1. The van der Waals surface area contributed by atoms with Crippen molar-refractivity contribution >= 4 is 23.9 Å². The number of carbonyl (C=O) groups is 3. The van der Waals surface area contributed by atoms with Gasteiger partial charge in [-0.25, -0.2) is 13.6 Å². The number of oxime groups is 1. The van der Waals surface area contributed by atoms with Crippen LogP contribution in [0.5, 0.6) is 5.75 Å². The summed E-state index contributed by atoms with van der Waals surface area (Å²) in [5, 5.41) is 6.60. The molecule has 5 rings (SSSR count). The Morgan fingerprint density at radius 2 is 1.88 bits per heavy atom. The van der Waals surface area contributed by atoms with Gasteiger partial charge in [-0.3, -0.25) is 14.4 Å². The lowest BCUT2D eigenvalue weighted by molar-refractivity contribution is -0.0658. The number of nitrogens with zero attached hydrogens (tertiary/aromatic N) is 3. The van der Waals surface area contributed by atoms with Gasteiger partial charge in [0.25, 0.3) is 11.8 Å². The number of nitrogens with one attached hydrogen (secondary N) is 1. The molecule has 1 aromatic heterocycles. The summed E-state index contributed by atoms with van der Waals surface area (Å²) in [6.07, 6.45) is 7.57. The van der Waals surface area contributed by atoms with Crippen molar-refractivity contribution in [2.24, 2.45) is 11.1 Å². The van der Waals surface area contributed by atoms with Gasteiger partial charge >= 0.3 is 6.16 Å². The molecule has 1 aromatic carbocycles. The van der Waals surface area contributed by atoms with Crippen molar-refractivity contribution in [1.82, 2.24) is 14.8 Å². The quantitative estimate of drug-likeness (QED) is 0.145. The van der Waals surface area contributed by atoms with Crippen LogP contribution in [-0.2, 0) is 25.6 Å². The summed E-state index contributed by atoms with van der Waals surface area (Å²) in [7, 11) is 1.47. The average Bonchev–Trinajstić information content (AvgIpc) is 3.47. The Morgan fingerprint density at radius 1 is 1.12 bits per heavy atom. The predicted octanol–water partition coefficient (Wildman–Crippen LogP) is 5.84. The fourth-order valence-electron chi connectivity index (χ4n) is 6.77. The number of hydrogen-bond acceptors (Lipinski definition) is 10. The van der Waals surface area contributed by atoms with Gasteiger partial charge in [0.05, 0.1) is 26.2 Å². The van der Waals surface area contributed by atoms with E-state index in [1.54, 1.807) is 4.90 Å². The number of rotatable bonds is 14. The third-order valence-electron chi connectivity index (χ3n) is 9.73. The minimum absolute atomic E-state index is 0.0107. The zero-order valence-corrected chi connectivity index (χ0v) is 29.5. The van der Waals surface area contributed by atoms with E-state index in [0.29, 0.717) is 37.1 Å². The molecular weight excluding hydrogens is 670 g/mol. The maximum atomic E-state index is 14.3. The van der Waals surface area contributed by atoms with Gasteiger partial charge in [-0.15, -0.1) is 0 Å². The first-order valence-electron chi connectivity index (χ1n) is 17.5. The molecule has 0 aliphatic carbocycles. The number of amides is 2. The molecule has 4 heterocycles. The second-order valence-electron chi connectivity index (χ2n) is 13.7. The fraction of sp³-hybridized carbons (Fsp3) is 0.583. The Morgan fingerprint density at radius 3 is 2.61 bits per heavy atom. The predicted molar refractivity (Wildman–Crippen MR) is 180 cm³/mol. The van der Waals surface area contributed by atoms with Crippen LogP contribution < -0.4 is 15.5 Å². The average molecular weight is 717 g/mol. The van der Waals surface area contributed by atoms with Crippen molar-refractivity contribution in [1.29, 1.82) is 0 Å². The van der Waals surface area contributed by atoms with Crippen molar-refractivity contribution in [3.8, 4) is 5.75 Å². The lowest BCUT2D eigenvalue weighted by atomic mass is 9.85. The maximum absolute atomic E-state index is 14.3. The van der Waals surface area contributed by atoms with E-state index in [2.05, 4.69) is 24.3 Å². The van der Waals surface area contributed by atoms with Crippen molar-refractivity contribution in [3.05, 3.63) is 63.1 Å². The van der Waals surface area contributed by atoms with Gasteiger partial charge in [0, 0.05) is 37.0 Å². The van der Waals surface area contributed by atoms with Crippen LogP contribution in [0.4, 0.5) is 13.6 Å². The van der Waals surface area contributed by atoms with Gasteiger partial charge < -0.3 is 38.6 Å². The highest BCUT2D eigenvalue weighted by atomic mass is 19.1. The number of benzene rings is 1. The van der Waals surface area contributed by atoms with E-state index in [-0.39, 0.29) is 43.4 Å². The third-order valence-corrected chi connectivity index (χ3v) is 9.73. The number of carbonyl (C=O) groups excluding carboxylic acids is 3. The van der Waals surface area contributed by atoms with Crippen LogP contribution in [0.3, 0.4) is 0 Å². The number of ether oxygens (including phenoxy) is 4. The molecule has 2 bridgehead atoms. The first kappa shape index (κ1) is 37.6. The van der Waals surface area contributed by atoms with Crippen molar-refractivity contribution in [3.63, 3.8) is 0 Å². The summed E-state index contributed by atoms with van der Waals surface area (Å²) in [5.41, 5.74) is -2.54. The van der Waals surface area contributed by atoms with Gasteiger partial charge in [-0.1, -0.05) is 57.2 Å². The van der Waals surface area contributed by atoms with Crippen LogP contribution >= 0.6 is 0 Å². The Hall–Kier alpha value is -4.69. The molecule has 1 fully saturated rings. The molecule has 1 N–H and O–H groups in total. The van der Waals surface area contributed by atoms with Crippen LogP contribution in [0.25, 0.3) is 0 Å². The molecule has 0 saturated carbocycles. The summed E-state index contributed by atoms with van der Waals surface area (Å²) >= 11 is 0. The number of halogens is 2. The summed E-state index contributed by atoms with van der Waals surface area (Å²) in [6.45, 7) is 5.45. The van der Waals surface area contributed by atoms with Gasteiger partial charge in [0.2, 0.25) is 23.9 Å². The number of unbranched alkanes of at least 4 members (excludes halogenated alkanes) is 4. The highest BCUT2D eigenvalue weighted by Gasteiger charge is 2.55. The van der Waals surface area contributed by atoms with Gasteiger partial charge in [0.1, 0.15) is 17.2 Å². The van der Waals surface area contributed by atoms with Crippen LogP contribution in [0.2, 0.25) is 0 Å². The van der Waals surface area contributed by atoms with Crippen molar-refractivity contribution < 1.29 is 46.9 Å². The van der Waals surface area contributed by atoms with Crippen LogP contribution in [0, 0.1) is 17.6 Å². The first-order chi connectivity index (χ1) is 24.4. The molecular formula is C36H46F2N4O9. The monoisotopic (exact) mass is 716 g/mol. The SMILES string of the molecule is COC1=NO[C@@]2(CC[C@H](C)N3C[C@H]2n2cc(C(=O)NCc4ccc(F)cc4F)c(=O)c(OCOC(=O)OCCCCCCCC(C)C)c2C3=O)C1. The van der Waals surface area contributed by atoms with Crippen molar-refractivity contribution in [2.75, 3.05) is 27.1 Å². The van der Waals surface area contributed by atoms with E-state index < -0.39 is 64.8 Å². The van der Waals surface area contributed by atoms with Crippen LogP contribution in [0.15, 0.2) is 34.3 Å². The molecule has 1 saturated heterocycles. The van der Waals surface area contributed by atoms with Gasteiger partial charge in [-0.05, 0) is 38.2 Å². The molecule has 13 nitrogen and oxygen atoms in total. The summed E-state index contributed by atoms with van der Waals surface area (Å²) in [5.74, 6) is -2.57. The third kappa shape index (κ3) is 8.62. The number of aromatic nitrogens is 1. The summed E-state index contributed by atoms with van der Waals surface area (Å²) < 4.78 is 50.6. The Kier molecular flexibility index (Phi) is 12.2. The Bertz CT molecular complexity index is 1700. The smallest absolute Gasteiger partial charge is 0.482 e. The standard InChI is InChI=1S/C36H46F2N4O9/c1-22(2)10-8-6-5-7-9-15-48-35(46)50-21-49-32-30-34(45)41-20-28(36(14-13-23(41)3)17-29(47-4)40-51-36)42(30)19-26(31(32)43)33(44)39-18-24-11-12-25(37)16-27(24)38/h11-12,16,19,22-23,28H,5-10,13-15,17-18,20-21H2,1-4H3,(H,39,44)/t23-,28+,36-/m0/s1. The van der Waals surface area contributed by atoms with Gasteiger partial charge in [0.15, 0.2) is 11.3 Å². The lowest BCUT2D eigenvalue weighted by Gasteiger charge is -2.42. The van der Waals surface area contributed by atoms with E-state index >= 15 is 0 Å². The zero-order valence-electron chi connectivity index (χ0n) is 29.5. The van der Waals surface area contributed by atoms with E-state index in [1.165, 1.54) is 30.4 Å². The molecule has 0 unspecified atom stereocenters. The molecule has 0 radical (unpaired) electrons. The van der Waals surface area contributed by atoms with Crippen LogP contribution in [0.1, 0.15) is 111 Å². The second-order valence-corrected chi connectivity index (χ2v) is 13.7. The summed E-state index contributed by atoms with van der Waals surface area (Å²) in [6, 6.07) is 2.01. The number of methoxy groups -OCH3 is 1. The molecule has 1 spiro atoms. The first-order valence-corrected chi connectivity index (χ1v) is 17.5. The molecule has 278 valence electrons. The molecule has 3 aliphatic rings. The van der Waals surface area contributed by atoms with E-state index in [9.17, 15) is 28.0 Å². The molecule has 2 aromatic rings. The normalized spacial score (nSPS) is 20.7. The van der Waals surface area contributed by atoms with Gasteiger partial charge in [-0.2, -0.15) is 0 Å². The maximum Gasteiger partial charge on any atom is 0.511 e. The zero-order chi connectivity index (χ0) is 36.7. The van der Waals surface area contributed by atoms with E-state index in [1.807, 2.05) is 6.92 Å². The highest BCUT2D eigenvalue weighted by molar-refractivity contribution is 5.99. The van der Waals surface area contributed by atoms with E-state index in [4.69, 9.17) is 23.8 Å². The van der Waals surface area contributed by atoms with E-state index in [0.717, 1.165) is 31.7 Å². The molecule has 15 heteroatoms. The largest absolute Gasteiger partial charge is 0.511 e. The van der Waals surface area contributed by atoms with Crippen LogP contribution in [-0.4, -0.2) is 72.0 Å². The number of hydrogen-bond donors (Lipinski definition) is 1. The molecule has 51 heavy (non-hydrogen) atoms. The topological polar surface area (TPSA) is 147 Å². The highest BCUT2D eigenvalue weighted by Crippen LogP contribution is 2.46. The Labute approximate surface area is 295 Å². The lowest BCUT2D eigenvalue weighted by Crippen LogP contribution is -2.52. The number of fused-ring (bicyclic) bond motifs is 5. The molecule has 3 aliphatic heterocycles. The minimum Gasteiger partial charge on any atom is -0.482 e. The summed E-state index contributed by atoms with van der Waals surface area (Å²) in [4.78, 5) is 61.5. The molecule has 2 amide bonds. The fourth-order valence-corrected chi connectivity index (χ4v) is 6.77. The molecule has 3 atom stereocenters. The Balaban J connectivity index is 1.37. The van der Waals surface area contributed by atoms with Crippen molar-refractivity contribution in [2.45, 2.75) is 103 Å². The minimum atomic E-state index is -1.01. The second kappa shape index (κ2) is 16.6.